The van der Waals surface area contributed by atoms with E-state index in [0.29, 0.717) is 6.54 Å². The molecular formula is C19H17BrN2O. The number of benzene rings is 2. The first-order chi connectivity index (χ1) is 11.2. The molecule has 2 N–H and O–H groups in total. The largest absolute Gasteiger partial charge is 0.361 e. The Bertz CT molecular complexity index is 834. The lowest BCUT2D eigenvalue weighted by atomic mass is 10.1. The molecule has 4 heteroatoms. The van der Waals surface area contributed by atoms with Gasteiger partial charge in [-0.05, 0) is 41.8 Å². The topological polar surface area (TPSA) is 44.9 Å². The summed E-state index contributed by atoms with van der Waals surface area (Å²) in [4.78, 5) is 15.1. The van der Waals surface area contributed by atoms with Gasteiger partial charge >= 0.3 is 0 Å². The summed E-state index contributed by atoms with van der Waals surface area (Å²) in [5.41, 5.74) is 3.35. The molecule has 3 nitrogen and oxygen atoms in total. The summed E-state index contributed by atoms with van der Waals surface area (Å²) in [6, 6.07) is 16.0. The van der Waals surface area contributed by atoms with Crippen LogP contribution in [-0.2, 0) is 11.2 Å². The SMILES string of the molecule is O=C(/C=C/c1ccc(Br)cc1)NCCc1c[nH]c2ccccc12. The van der Waals surface area contributed by atoms with E-state index in [9.17, 15) is 4.79 Å². The van der Waals surface area contributed by atoms with Crippen molar-refractivity contribution in [2.24, 2.45) is 0 Å². The van der Waals surface area contributed by atoms with E-state index in [2.05, 4.69) is 38.4 Å². The van der Waals surface area contributed by atoms with Crippen molar-refractivity contribution in [3.63, 3.8) is 0 Å². The number of aromatic amines is 1. The van der Waals surface area contributed by atoms with E-state index in [1.807, 2.05) is 48.7 Å². The molecule has 0 saturated carbocycles. The predicted octanol–water partition coefficient (Wildman–Crippen LogP) is 4.30. The van der Waals surface area contributed by atoms with Gasteiger partial charge in [0, 0.05) is 34.2 Å². The molecule has 0 unspecified atom stereocenters. The Labute approximate surface area is 143 Å². The van der Waals surface area contributed by atoms with E-state index >= 15 is 0 Å². The van der Waals surface area contributed by atoms with E-state index < -0.39 is 0 Å². The first kappa shape index (κ1) is 15.6. The predicted molar refractivity (Wildman–Crippen MR) is 98.2 cm³/mol. The van der Waals surface area contributed by atoms with Crippen molar-refractivity contribution >= 4 is 38.8 Å². The summed E-state index contributed by atoms with van der Waals surface area (Å²) in [7, 11) is 0. The number of nitrogens with one attached hydrogen (secondary N) is 2. The van der Waals surface area contributed by atoms with Gasteiger partial charge in [-0.15, -0.1) is 0 Å². The number of carbonyl (C=O) groups excluding carboxylic acids is 1. The van der Waals surface area contributed by atoms with Crippen molar-refractivity contribution in [3.05, 3.63) is 76.4 Å². The maximum absolute atomic E-state index is 11.9. The molecule has 0 radical (unpaired) electrons. The first-order valence-electron chi connectivity index (χ1n) is 7.49. The molecular weight excluding hydrogens is 352 g/mol. The van der Waals surface area contributed by atoms with Crippen LogP contribution in [0.3, 0.4) is 0 Å². The Balaban J connectivity index is 1.52. The fourth-order valence-corrected chi connectivity index (χ4v) is 2.73. The molecule has 0 aliphatic carbocycles. The van der Waals surface area contributed by atoms with Crippen LogP contribution in [0.4, 0.5) is 0 Å². The minimum absolute atomic E-state index is 0.0761. The Morgan fingerprint density at radius 3 is 2.74 bits per heavy atom. The van der Waals surface area contributed by atoms with E-state index in [-0.39, 0.29) is 5.91 Å². The van der Waals surface area contributed by atoms with Gasteiger partial charge in [0.05, 0.1) is 0 Å². The molecule has 116 valence electrons. The van der Waals surface area contributed by atoms with Crippen LogP contribution < -0.4 is 5.32 Å². The van der Waals surface area contributed by atoms with Gasteiger partial charge in [0.2, 0.25) is 5.91 Å². The summed E-state index contributed by atoms with van der Waals surface area (Å²) in [6.45, 7) is 0.616. The summed E-state index contributed by atoms with van der Waals surface area (Å²) in [5.74, 6) is -0.0761. The van der Waals surface area contributed by atoms with Gasteiger partial charge in [0.15, 0.2) is 0 Å². The molecule has 1 amide bonds. The lowest BCUT2D eigenvalue weighted by Crippen LogP contribution is -2.23. The zero-order chi connectivity index (χ0) is 16.1. The van der Waals surface area contributed by atoms with E-state index in [1.54, 1.807) is 6.08 Å². The Morgan fingerprint density at radius 2 is 1.91 bits per heavy atom. The highest BCUT2D eigenvalue weighted by Gasteiger charge is 2.03. The summed E-state index contributed by atoms with van der Waals surface area (Å²) >= 11 is 3.39. The highest BCUT2D eigenvalue weighted by Crippen LogP contribution is 2.17. The van der Waals surface area contributed by atoms with Crippen LogP contribution in [0.1, 0.15) is 11.1 Å². The highest BCUT2D eigenvalue weighted by molar-refractivity contribution is 9.10. The monoisotopic (exact) mass is 368 g/mol. The second-order valence-corrected chi connectivity index (χ2v) is 6.20. The molecule has 0 spiro atoms. The Morgan fingerprint density at radius 1 is 1.13 bits per heavy atom. The quantitative estimate of drug-likeness (QED) is 0.647. The van der Waals surface area contributed by atoms with Crippen molar-refractivity contribution in [3.8, 4) is 0 Å². The van der Waals surface area contributed by atoms with Gasteiger partial charge in [0.1, 0.15) is 0 Å². The van der Waals surface area contributed by atoms with Crippen LogP contribution in [0.25, 0.3) is 17.0 Å². The number of rotatable bonds is 5. The van der Waals surface area contributed by atoms with Crippen LogP contribution in [0.5, 0.6) is 0 Å². The van der Waals surface area contributed by atoms with Crippen molar-refractivity contribution in [1.29, 1.82) is 0 Å². The van der Waals surface area contributed by atoms with E-state index in [4.69, 9.17) is 0 Å². The number of hydrogen-bond donors (Lipinski definition) is 2. The molecule has 0 aliphatic rings. The zero-order valence-electron chi connectivity index (χ0n) is 12.6. The second kappa shape index (κ2) is 7.29. The lowest BCUT2D eigenvalue weighted by Gasteiger charge is -2.02. The molecule has 0 bridgehead atoms. The number of fused-ring (bicyclic) bond motifs is 1. The zero-order valence-corrected chi connectivity index (χ0v) is 14.1. The van der Waals surface area contributed by atoms with Crippen molar-refractivity contribution in [1.82, 2.24) is 10.3 Å². The minimum Gasteiger partial charge on any atom is -0.361 e. The molecule has 2 aromatic carbocycles. The fourth-order valence-electron chi connectivity index (χ4n) is 2.46. The molecule has 0 aliphatic heterocycles. The van der Waals surface area contributed by atoms with Gasteiger partial charge < -0.3 is 10.3 Å². The van der Waals surface area contributed by atoms with E-state index in [0.717, 1.165) is 22.0 Å². The molecule has 0 saturated heterocycles. The Kier molecular flexibility index (Phi) is 4.93. The standard InChI is InChI=1S/C19H17BrN2O/c20-16-8-5-14(6-9-16)7-10-19(23)21-12-11-15-13-22-18-4-2-1-3-17(15)18/h1-10,13,22H,11-12H2,(H,21,23)/b10-7+. The first-order valence-corrected chi connectivity index (χ1v) is 8.28. The van der Waals surface area contributed by atoms with Crippen LogP contribution >= 0.6 is 15.9 Å². The average Bonchev–Trinajstić information content (AvgIpc) is 2.98. The maximum atomic E-state index is 11.9. The van der Waals surface area contributed by atoms with Crippen molar-refractivity contribution < 1.29 is 4.79 Å². The lowest BCUT2D eigenvalue weighted by molar-refractivity contribution is -0.116. The summed E-state index contributed by atoms with van der Waals surface area (Å²) in [6.07, 6.45) is 6.20. The average molecular weight is 369 g/mol. The molecule has 23 heavy (non-hydrogen) atoms. The fraction of sp³-hybridized carbons (Fsp3) is 0.105. The van der Waals surface area contributed by atoms with Gasteiger partial charge in [-0.2, -0.15) is 0 Å². The number of amides is 1. The van der Waals surface area contributed by atoms with Crippen LogP contribution in [-0.4, -0.2) is 17.4 Å². The highest BCUT2D eigenvalue weighted by atomic mass is 79.9. The van der Waals surface area contributed by atoms with E-state index in [1.165, 1.54) is 10.9 Å². The van der Waals surface area contributed by atoms with Crippen LogP contribution in [0, 0.1) is 0 Å². The smallest absolute Gasteiger partial charge is 0.244 e. The number of carbonyl (C=O) groups is 1. The molecule has 0 fully saturated rings. The Hall–Kier alpha value is -2.33. The third kappa shape index (κ3) is 4.11. The summed E-state index contributed by atoms with van der Waals surface area (Å²) < 4.78 is 1.03. The molecule has 3 rings (SSSR count). The van der Waals surface area contributed by atoms with Crippen molar-refractivity contribution in [2.45, 2.75) is 6.42 Å². The van der Waals surface area contributed by atoms with Gasteiger partial charge in [-0.3, -0.25) is 4.79 Å². The molecule has 0 atom stereocenters. The van der Waals surface area contributed by atoms with Crippen molar-refractivity contribution in [2.75, 3.05) is 6.54 Å². The molecule has 1 aromatic heterocycles. The van der Waals surface area contributed by atoms with Crippen LogP contribution in [0.15, 0.2) is 65.3 Å². The number of aromatic nitrogens is 1. The van der Waals surface area contributed by atoms with Crippen LogP contribution in [0.2, 0.25) is 0 Å². The molecule has 3 aromatic rings. The number of para-hydroxylation sites is 1. The summed E-state index contributed by atoms with van der Waals surface area (Å²) in [5, 5.41) is 4.13. The van der Waals surface area contributed by atoms with Gasteiger partial charge in [0.25, 0.3) is 0 Å². The van der Waals surface area contributed by atoms with Gasteiger partial charge in [-0.25, -0.2) is 0 Å². The minimum atomic E-state index is -0.0761. The number of H-pyrrole nitrogens is 1. The second-order valence-electron chi connectivity index (χ2n) is 5.29. The molecule has 1 heterocycles. The third-order valence-electron chi connectivity index (χ3n) is 3.67. The number of halogens is 1. The normalized spacial score (nSPS) is 11.2. The third-order valence-corrected chi connectivity index (χ3v) is 4.19. The number of hydrogen-bond acceptors (Lipinski definition) is 1. The maximum Gasteiger partial charge on any atom is 0.244 e. The van der Waals surface area contributed by atoms with Gasteiger partial charge in [-0.1, -0.05) is 46.3 Å².